The second-order valence-electron chi connectivity index (χ2n) is 4.67. The van der Waals surface area contributed by atoms with Gasteiger partial charge in [0.15, 0.2) is 5.69 Å². The normalized spacial score (nSPS) is 18.4. The maximum absolute atomic E-state index is 10.7. The molecule has 0 spiro atoms. The van der Waals surface area contributed by atoms with Crippen molar-refractivity contribution in [3.8, 4) is 0 Å². The fourth-order valence-electron chi connectivity index (χ4n) is 2.39. The standard InChI is InChI=1S/C12H19N3O2/c1-2-15-5-3-9(4-6-15)7-10-8-11(12(16)17)14-13-10/h8-9H,2-7H2,1H3,(H,13,14)(H,16,17). The minimum absolute atomic E-state index is 0.117. The molecule has 5 heteroatoms. The molecule has 17 heavy (non-hydrogen) atoms. The number of hydrogen-bond donors (Lipinski definition) is 2. The van der Waals surface area contributed by atoms with Crippen molar-refractivity contribution in [2.24, 2.45) is 5.92 Å². The molecule has 2 heterocycles. The number of aromatic amines is 1. The van der Waals surface area contributed by atoms with Crippen LogP contribution in [0.15, 0.2) is 6.07 Å². The number of piperidine rings is 1. The molecule has 0 atom stereocenters. The molecule has 5 nitrogen and oxygen atoms in total. The Morgan fingerprint density at radius 1 is 1.59 bits per heavy atom. The van der Waals surface area contributed by atoms with Crippen molar-refractivity contribution in [2.45, 2.75) is 26.2 Å². The molecule has 0 aliphatic carbocycles. The third kappa shape index (κ3) is 3.06. The number of H-pyrrole nitrogens is 1. The van der Waals surface area contributed by atoms with Crippen LogP contribution in [0.2, 0.25) is 0 Å². The second-order valence-corrected chi connectivity index (χ2v) is 4.67. The summed E-state index contributed by atoms with van der Waals surface area (Å²) in [5.74, 6) is -0.312. The lowest BCUT2D eigenvalue weighted by molar-refractivity contribution is 0.0690. The van der Waals surface area contributed by atoms with E-state index in [4.69, 9.17) is 5.11 Å². The topological polar surface area (TPSA) is 69.2 Å². The van der Waals surface area contributed by atoms with Crippen LogP contribution < -0.4 is 0 Å². The molecule has 2 N–H and O–H groups in total. The average molecular weight is 237 g/mol. The van der Waals surface area contributed by atoms with E-state index in [0.29, 0.717) is 5.92 Å². The smallest absolute Gasteiger partial charge is 0.356 e. The molecule has 0 unspecified atom stereocenters. The van der Waals surface area contributed by atoms with E-state index in [2.05, 4.69) is 22.0 Å². The molecule has 0 saturated carbocycles. The Balaban J connectivity index is 1.86. The monoisotopic (exact) mass is 237 g/mol. The molecular formula is C12H19N3O2. The summed E-state index contributed by atoms with van der Waals surface area (Å²) in [7, 11) is 0. The van der Waals surface area contributed by atoms with Crippen LogP contribution in [0.3, 0.4) is 0 Å². The fourth-order valence-corrected chi connectivity index (χ4v) is 2.39. The highest BCUT2D eigenvalue weighted by Crippen LogP contribution is 2.20. The van der Waals surface area contributed by atoms with Crippen LogP contribution in [0.1, 0.15) is 35.9 Å². The first-order chi connectivity index (χ1) is 8.19. The number of nitrogens with one attached hydrogen (secondary N) is 1. The van der Waals surface area contributed by atoms with Crippen LogP contribution in [0.25, 0.3) is 0 Å². The maximum atomic E-state index is 10.7. The largest absolute Gasteiger partial charge is 0.476 e. The Kier molecular flexibility index (Phi) is 3.78. The van der Waals surface area contributed by atoms with Crippen molar-refractivity contribution in [1.29, 1.82) is 0 Å². The van der Waals surface area contributed by atoms with Gasteiger partial charge in [-0.15, -0.1) is 0 Å². The predicted molar refractivity (Wildman–Crippen MR) is 64.1 cm³/mol. The van der Waals surface area contributed by atoms with E-state index in [-0.39, 0.29) is 5.69 Å². The Bertz CT molecular complexity index is 381. The summed E-state index contributed by atoms with van der Waals surface area (Å²) >= 11 is 0. The van der Waals surface area contributed by atoms with Gasteiger partial charge in [-0.2, -0.15) is 5.10 Å². The van der Waals surface area contributed by atoms with Gasteiger partial charge < -0.3 is 10.0 Å². The van der Waals surface area contributed by atoms with Crippen LogP contribution in [-0.2, 0) is 6.42 Å². The molecule has 1 saturated heterocycles. The zero-order valence-corrected chi connectivity index (χ0v) is 10.1. The van der Waals surface area contributed by atoms with Crippen molar-refractivity contribution in [3.05, 3.63) is 17.5 Å². The fraction of sp³-hybridized carbons (Fsp3) is 0.667. The molecule has 1 fully saturated rings. The van der Waals surface area contributed by atoms with Crippen molar-refractivity contribution in [3.63, 3.8) is 0 Å². The number of carboxylic acids is 1. The van der Waals surface area contributed by atoms with E-state index < -0.39 is 5.97 Å². The highest BCUT2D eigenvalue weighted by atomic mass is 16.4. The van der Waals surface area contributed by atoms with Gasteiger partial charge in [-0.3, -0.25) is 5.10 Å². The van der Waals surface area contributed by atoms with Crippen LogP contribution >= 0.6 is 0 Å². The number of likely N-dealkylation sites (tertiary alicyclic amines) is 1. The first-order valence-electron chi connectivity index (χ1n) is 6.19. The summed E-state index contributed by atoms with van der Waals surface area (Å²) < 4.78 is 0. The number of aromatic nitrogens is 2. The molecule has 94 valence electrons. The first kappa shape index (κ1) is 12.1. The summed E-state index contributed by atoms with van der Waals surface area (Å²) in [4.78, 5) is 13.1. The second kappa shape index (κ2) is 5.31. The molecule has 1 aromatic heterocycles. The summed E-state index contributed by atoms with van der Waals surface area (Å²) in [6.07, 6.45) is 3.29. The number of hydrogen-bond acceptors (Lipinski definition) is 3. The highest BCUT2D eigenvalue weighted by molar-refractivity contribution is 5.85. The SMILES string of the molecule is CCN1CCC(Cc2cc(C(=O)O)n[nH]2)CC1. The molecule has 2 rings (SSSR count). The lowest BCUT2D eigenvalue weighted by atomic mass is 9.92. The molecule has 1 aliphatic heterocycles. The van der Waals surface area contributed by atoms with E-state index >= 15 is 0 Å². The van der Waals surface area contributed by atoms with Crippen molar-refractivity contribution >= 4 is 5.97 Å². The van der Waals surface area contributed by atoms with Gasteiger partial charge in [0.05, 0.1) is 0 Å². The average Bonchev–Trinajstić information content (AvgIpc) is 2.79. The van der Waals surface area contributed by atoms with Gasteiger partial charge in [-0.05, 0) is 50.9 Å². The highest BCUT2D eigenvalue weighted by Gasteiger charge is 2.19. The molecule has 0 amide bonds. The Morgan fingerprint density at radius 3 is 2.82 bits per heavy atom. The summed E-state index contributed by atoms with van der Waals surface area (Å²) in [6, 6.07) is 1.65. The van der Waals surface area contributed by atoms with E-state index in [1.807, 2.05) is 0 Å². The lowest BCUT2D eigenvalue weighted by Gasteiger charge is -2.30. The van der Waals surface area contributed by atoms with Crippen molar-refractivity contribution in [1.82, 2.24) is 15.1 Å². The third-order valence-corrected chi connectivity index (χ3v) is 3.51. The third-order valence-electron chi connectivity index (χ3n) is 3.51. The minimum Gasteiger partial charge on any atom is -0.476 e. The number of carbonyl (C=O) groups is 1. The van der Waals surface area contributed by atoms with Gasteiger partial charge >= 0.3 is 5.97 Å². The van der Waals surface area contributed by atoms with Gasteiger partial charge in [-0.1, -0.05) is 6.92 Å². The number of nitrogens with zero attached hydrogens (tertiary/aromatic N) is 2. The first-order valence-corrected chi connectivity index (χ1v) is 6.19. The predicted octanol–water partition coefficient (Wildman–Crippen LogP) is 1.38. The molecule has 0 aromatic carbocycles. The van der Waals surface area contributed by atoms with Gasteiger partial charge in [-0.25, -0.2) is 4.79 Å². The van der Waals surface area contributed by atoms with E-state index in [9.17, 15) is 4.79 Å². The molecule has 1 aliphatic rings. The van der Waals surface area contributed by atoms with Crippen LogP contribution in [0.5, 0.6) is 0 Å². The van der Waals surface area contributed by atoms with Crippen molar-refractivity contribution < 1.29 is 9.90 Å². The lowest BCUT2D eigenvalue weighted by Crippen LogP contribution is -2.34. The van der Waals surface area contributed by atoms with E-state index in [0.717, 1.165) is 31.7 Å². The molecular weight excluding hydrogens is 218 g/mol. The van der Waals surface area contributed by atoms with E-state index in [1.165, 1.54) is 12.8 Å². The molecule has 1 aromatic rings. The number of carboxylic acid groups (broad SMARTS) is 1. The van der Waals surface area contributed by atoms with E-state index in [1.54, 1.807) is 6.07 Å². The van der Waals surface area contributed by atoms with Crippen LogP contribution in [0, 0.1) is 5.92 Å². The Morgan fingerprint density at radius 2 is 2.29 bits per heavy atom. The van der Waals surface area contributed by atoms with Crippen LogP contribution in [-0.4, -0.2) is 45.8 Å². The van der Waals surface area contributed by atoms with Crippen LogP contribution in [0.4, 0.5) is 0 Å². The summed E-state index contributed by atoms with van der Waals surface area (Å²) in [6.45, 7) is 5.62. The molecule has 0 radical (unpaired) electrons. The number of rotatable bonds is 4. The zero-order valence-electron chi connectivity index (χ0n) is 10.1. The summed E-state index contributed by atoms with van der Waals surface area (Å²) in [5.41, 5.74) is 1.06. The quantitative estimate of drug-likeness (QED) is 0.830. The minimum atomic E-state index is -0.965. The zero-order chi connectivity index (χ0) is 12.3. The van der Waals surface area contributed by atoms with Gasteiger partial charge in [0, 0.05) is 5.69 Å². The molecule has 0 bridgehead atoms. The van der Waals surface area contributed by atoms with Crippen molar-refractivity contribution in [2.75, 3.05) is 19.6 Å². The Labute approximate surface area is 101 Å². The Hall–Kier alpha value is -1.36. The summed E-state index contributed by atoms with van der Waals surface area (Å²) in [5, 5.41) is 15.4. The maximum Gasteiger partial charge on any atom is 0.356 e. The van der Waals surface area contributed by atoms with Gasteiger partial charge in [0.1, 0.15) is 0 Å². The van der Waals surface area contributed by atoms with Gasteiger partial charge in [0.2, 0.25) is 0 Å². The number of aromatic carboxylic acids is 1. The van der Waals surface area contributed by atoms with Gasteiger partial charge in [0.25, 0.3) is 0 Å².